The minimum Gasteiger partial charge on any atom is -0.395 e. The second kappa shape index (κ2) is 9.11. The lowest BCUT2D eigenvalue weighted by Gasteiger charge is -2.19. The fraction of sp³-hybridized carbons (Fsp3) is 0.240. The number of amides is 1. The number of fused-ring (bicyclic) bond motifs is 2. The number of hydrogen-bond acceptors (Lipinski definition) is 5. The van der Waals surface area contributed by atoms with Crippen LogP contribution in [0.1, 0.15) is 16.7 Å². The first-order valence-electron chi connectivity index (χ1n) is 11.3. The van der Waals surface area contributed by atoms with E-state index in [1.54, 1.807) is 10.8 Å². The molecule has 0 radical (unpaired) electrons. The number of carbonyl (C=O) groups excluding carboxylic acids is 1. The average Bonchev–Trinajstić information content (AvgIpc) is 3.44. The lowest BCUT2D eigenvalue weighted by molar-refractivity contribution is -0.137. The molecule has 1 aliphatic rings. The van der Waals surface area contributed by atoms with E-state index in [4.69, 9.17) is 5.73 Å². The third-order valence-corrected chi connectivity index (χ3v) is 6.42. The van der Waals surface area contributed by atoms with Crippen LogP contribution in [-0.2, 0) is 30.4 Å². The van der Waals surface area contributed by atoms with E-state index in [-0.39, 0.29) is 48.7 Å². The molecule has 4 aromatic rings. The van der Waals surface area contributed by atoms with Gasteiger partial charge in [-0.2, -0.15) is 13.2 Å². The van der Waals surface area contributed by atoms with Crippen LogP contribution in [0.3, 0.4) is 0 Å². The quantitative estimate of drug-likeness (QED) is 0.389. The van der Waals surface area contributed by atoms with Crippen LogP contribution in [0, 0.1) is 11.6 Å². The normalized spacial score (nSPS) is 13.4. The summed E-state index contributed by atoms with van der Waals surface area (Å²) in [7, 11) is 0. The van der Waals surface area contributed by atoms with Gasteiger partial charge in [0.15, 0.2) is 0 Å². The lowest BCUT2D eigenvalue weighted by atomic mass is 10.0. The highest BCUT2D eigenvalue weighted by molar-refractivity contribution is 6.02. The number of aromatic nitrogens is 3. The number of anilines is 2. The van der Waals surface area contributed by atoms with Crippen LogP contribution in [-0.4, -0.2) is 38.7 Å². The van der Waals surface area contributed by atoms with E-state index in [0.29, 0.717) is 34.8 Å². The van der Waals surface area contributed by atoms with Gasteiger partial charge >= 0.3 is 6.18 Å². The van der Waals surface area contributed by atoms with Gasteiger partial charge in [0.1, 0.15) is 29.4 Å². The molecule has 192 valence electrons. The maximum Gasteiger partial charge on any atom is 0.416 e. The lowest BCUT2D eigenvalue weighted by Crippen LogP contribution is -2.30. The number of alkyl halides is 3. The summed E-state index contributed by atoms with van der Waals surface area (Å²) in [6.07, 6.45) is -2.25. The SMILES string of the molecule is Nc1ncnc2c1c(-c1ccc3c(c1F)CCN3C(=O)Cc1cc(C(F)(F)F)ccc1F)cn2CCO. The zero-order valence-corrected chi connectivity index (χ0v) is 19.2. The molecular weight excluding hydrogens is 497 g/mol. The number of nitrogens with zero attached hydrogens (tertiary/aromatic N) is 4. The number of halogens is 5. The van der Waals surface area contributed by atoms with E-state index < -0.39 is 41.3 Å². The number of hydrogen-bond donors (Lipinski definition) is 2. The number of nitrogen functional groups attached to an aromatic ring is 1. The second-order valence-corrected chi connectivity index (χ2v) is 8.62. The van der Waals surface area contributed by atoms with Gasteiger partial charge < -0.3 is 20.3 Å². The Balaban J connectivity index is 1.49. The maximum atomic E-state index is 15.8. The van der Waals surface area contributed by atoms with Crippen molar-refractivity contribution in [2.75, 3.05) is 23.8 Å². The van der Waals surface area contributed by atoms with E-state index in [1.807, 2.05) is 0 Å². The highest BCUT2D eigenvalue weighted by Crippen LogP contribution is 2.40. The number of nitrogens with two attached hydrogens (primary N) is 1. The first kappa shape index (κ1) is 24.6. The average molecular weight is 517 g/mol. The molecule has 37 heavy (non-hydrogen) atoms. The van der Waals surface area contributed by atoms with Crippen molar-refractivity contribution in [3.05, 3.63) is 71.2 Å². The minimum absolute atomic E-state index is 0.0899. The van der Waals surface area contributed by atoms with Gasteiger partial charge in [-0.25, -0.2) is 18.7 Å². The fourth-order valence-corrected chi connectivity index (χ4v) is 4.69. The van der Waals surface area contributed by atoms with Crippen molar-refractivity contribution >= 4 is 28.4 Å². The van der Waals surface area contributed by atoms with Crippen molar-refractivity contribution in [3.63, 3.8) is 0 Å². The molecule has 0 unspecified atom stereocenters. The van der Waals surface area contributed by atoms with Gasteiger partial charge in [-0.1, -0.05) is 0 Å². The molecular formula is C25H20F5N5O2. The highest BCUT2D eigenvalue weighted by Gasteiger charge is 2.33. The number of aliphatic hydroxyl groups is 1. The summed E-state index contributed by atoms with van der Waals surface area (Å²) in [5, 5.41) is 9.80. The molecule has 0 spiro atoms. The molecule has 3 N–H and O–H groups in total. The Morgan fingerprint density at radius 3 is 2.62 bits per heavy atom. The van der Waals surface area contributed by atoms with Crippen LogP contribution in [0.15, 0.2) is 42.9 Å². The van der Waals surface area contributed by atoms with Gasteiger partial charge in [0.05, 0.1) is 24.0 Å². The van der Waals surface area contributed by atoms with Crippen molar-refractivity contribution in [2.24, 2.45) is 0 Å². The summed E-state index contributed by atoms with van der Waals surface area (Å²) < 4.78 is 70.7. The summed E-state index contributed by atoms with van der Waals surface area (Å²) >= 11 is 0. The smallest absolute Gasteiger partial charge is 0.395 e. The van der Waals surface area contributed by atoms with Gasteiger partial charge in [0.2, 0.25) is 5.91 Å². The summed E-state index contributed by atoms with van der Waals surface area (Å²) in [6.45, 7) is 0.115. The van der Waals surface area contributed by atoms with Gasteiger partial charge in [0, 0.05) is 41.7 Å². The topological polar surface area (TPSA) is 97.3 Å². The van der Waals surface area contributed by atoms with E-state index >= 15 is 4.39 Å². The first-order valence-corrected chi connectivity index (χ1v) is 11.3. The van der Waals surface area contributed by atoms with Crippen LogP contribution in [0.5, 0.6) is 0 Å². The third kappa shape index (κ3) is 4.26. The standard InChI is InChI=1S/C25H20F5N5O2/c26-18-3-1-14(25(28,29)30)9-13(18)10-20(37)35-6-5-16-19(35)4-2-15(22(16)27)17-11-34(7-8-36)24-21(17)23(31)32-12-33-24/h1-4,9,11-12,36H,5-8,10H2,(H2,31,32,33). The highest BCUT2D eigenvalue weighted by atomic mass is 19.4. The van der Waals surface area contributed by atoms with Crippen LogP contribution in [0.4, 0.5) is 33.5 Å². The Morgan fingerprint density at radius 2 is 1.89 bits per heavy atom. The predicted molar refractivity (Wildman–Crippen MR) is 126 cm³/mol. The number of aliphatic hydroxyl groups excluding tert-OH is 1. The molecule has 2 aromatic heterocycles. The Bertz CT molecular complexity index is 1530. The van der Waals surface area contributed by atoms with E-state index in [1.165, 1.54) is 23.4 Å². The summed E-state index contributed by atoms with van der Waals surface area (Å²) in [5.74, 6) is -2.04. The molecule has 0 bridgehead atoms. The molecule has 12 heteroatoms. The van der Waals surface area contributed by atoms with Gasteiger partial charge in [0.25, 0.3) is 0 Å². The van der Waals surface area contributed by atoms with Gasteiger partial charge in [-0.15, -0.1) is 0 Å². The third-order valence-electron chi connectivity index (χ3n) is 6.42. The van der Waals surface area contributed by atoms with Crippen molar-refractivity contribution in [2.45, 2.75) is 25.6 Å². The molecule has 3 heterocycles. The van der Waals surface area contributed by atoms with Crippen LogP contribution >= 0.6 is 0 Å². The monoisotopic (exact) mass is 517 g/mol. The van der Waals surface area contributed by atoms with Crippen molar-refractivity contribution < 1.29 is 31.9 Å². The molecule has 2 aromatic carbocycles. The largest absolute Gasteiger partial charge is 0.416 e. The molecule has 1 aliphatic heterocycles. The first-order chi connectivity index (χ1) is 17.6. The second-order valence-electron chi connectivity index (χ2n) is 8.62. The molecule has 0 atom stereocenters. The number of benzene rings is 2. The zero-order valence-electron chi connectivity index (χ0n) is 19.2. The van der Waals surface area contributed by atoms with E-state index in [2.05, 4.69) is 9.97 Å². The fourth-order valence-electron chi connectivity index (χ4n) is 4.69. The number of carbonyl (C=O) groups is 1. The van der Waals surface area contributed by atoms with Crippen LogP contribution < -0.4 is 10.6 Å². The Hall–Kier alpha value is -4.06. The van der Waals surface area contributed by atoms with Gasteiger partial charge in [-0.3, -0.25) is 4.79 Å². The Morgan fingerprint density at radius 1 is 1.11 bits per heavy atom. The molecule has 0 fully saturated rings. The zero-order chi connectivity index (χ0) is 26.5. The predicted octanol–water partition coefficient (Wildman–Crippen LogP) is 4.10. The van der Waals surface area contributed by atoms with E-state index in [9.17, 15) is 27.5 Å². The van der Waals surface area contributed by atoms with Crippen molar-refractivity contribution in [3.8, 4) is 11.1 Å². The summed E-state index contributed by atoms with van der Waals surface area (Å²) in [6, 6.07) is 4.91. The molecule has 0 aliphatic carbocycles. The molecule has 7 nitrogen and oxygen atoms in total. The van der Waals surface area contributed by atoms with Crippen LogP contribution in [0.25, 0.3) is 22.2 Å². The molecule has 0 saturated heterocycles. The summed E-state index contributed by atoms with van der Waals surface area (Å²) in [4.78, 5) is 22.4. The minimum atomic E-state index is -4.68. The number of rotatable bonds is 5. The molecule has 0 saturated carbocycles. The van der Waals surface area contributed by atoms with Crippen LogP contribution in [0.2, 0.25) is 0 Å². The van der Waals surface area contributed by atoms with E-state index in [0.717, 1.165) is 0 Å². The van der Waals surface area contributed by atoms with Gasteiger partial charge in [-0.05, 0) is 42.3 Å². The maximum absolute atomic E-state index is 15.8. The molecule has 5 rings (SSSR count). The van der Waals surface area contributed by atoms with Crippen molar-refractivity contribution in [1.29, 1.82) is 0 Å². The Labute approximate surface area is 207 Å². The Kier molecular flexibility index (Phi) is 6.06. The van der Waals surface area contributed by atoms with Crippen molar-refractivity contribution in [1.82, 2.24) is 14.5 Å². The summed E-state index contributed by atoms with van der Waals surface area (Å²) in [5.41, 5.74) is 6.15. The molecule has 1 amide bonds.